The second-order valence-electron chi connectivity index (χ2n) is 6.46. The van der Waals surface area contributed by atoms with Gasteiger partial charge in [0.2, 0.25) is 11.8 Å². The van der Waals surface area contributed by atoms with Crippen molar-refractivity contribution in [3.8, 4) is 11.6 Å². The standard InChI is InChI=1S/C21H22ClFN4O4/c1-13(29-2)20(28)24-7-8-30-15-4-5-16-19(10-15)25-11-26-21(16)31-12-27-18-6-3-14(22)9-17(18)23/h3-6,9-11,13,27H,7-8,12H2,1-2H3,(H,24,28). The summed E-state index contributed by atoms with van der Waals surface area (Å²) in [4.78, 5) is 20.0. The van der Waals surface area contributed by atoms with Crippen molar-refractivity contribution in [2.24, 2.45) is 0 Å². The van der Waals surface area contributed by atoms with Crippen LogP contribution in [0.2, 0.25) is 5.02 Å². The van der Waals surface area contributed by atoms with Gasteiger partial charge >= 0.3 is 0 Å². The number of fused-ring (bicyclic) bond motifs is 1. The van der Waals surface area contributed by atoms with E-state index in [0.29, 0.717) is 40.7 Å². The number of benzene rings is 2. The van der Waals surface area contributed by atoms with Crippen molar-refractivity contribution < 1.29 is 23.4 Å². The zero-order valence-corrected chi connectivity index (χ0v) is 17.8. The number of aromatic nitrogens is 2. The molecular formula is C21H22ClFN4O4. The summed E-state index contributed by atoms with van der Waals surface area (Å²) >= 11 is 5.75. The van der Waals surface area contributed by atoms with Crippen molar-refractivity contribution in [2.45, 2.75) is 13.0 Å². The first kappa shape index (κ1) is 22.5. The van der Waals surface area contributed by atoms with Crippen LogP contribution in [0.15, 0.2) is 42.7 Å². The fourth-order valence-corrected chi connectivity index (χ4v) is 2.78. The molecule has 1 atom stereocenters. The lowest BCUT2D eigenvalue weighted by Crippen LogP contribution is -2.36. The molecule has 0 saturated carbocycles. The topological polar surface area (TPSA) is 94.6 Å². The first-order valence-corrected chi connectivity index (χ1v) is 9.85. The molecule has 2 aromatic carbocycles. The molecule has 0 bridgehead atoms. The predicted octanol–water partition coefficient (Wildman–Crippen LogP) is 3.40. The van der Waals surface area contributed by atoms with E-state index >= 15 is 0 Å². The van der Waals surface area contributed by atoms with Crippen LogP contribution < -0.4 is 20.1 Å². The molecule has 0 saturated heterocycles. The Kier molecular flexibility index (Phi) is 7.80. The molecule has 31 heavy (non-hydrogen) atoms. The fourth-order valence-electron chi connectivity index (χ4n) is 2.63. The van der Waals surface area contributed by atoms with E-state index in [4.69, 9.17) is 25.8 Å². The molecule has 0 aliphatic heterocycles. The molecule has 3 aromatic rings. The summed E-state index contributed by atoms with van der Waals surface area (Å²) in [6.07, 6.45) is 0.859. The van der Waals surface area contributed by atoms with Crippen LogP contribution in [0.1, 0.15) is 6.92 Å². The molecule has 0 aliphatic carbocycles. The zero-order valence-electron chi connectivity index (χ0n) is 17.0. The number of halogens is 2. The average Bonchev–Trinajstić information content (AvgIpc) is 2.77. The third kappa shape index (κ3) is 6.16. The second kappa shape index (κ2) is 10.7. The number of carbonyl (C=O) groups is 1. The van der Waals surface area contributed by atoms with E-state index in [1.165, 1.54) is 25.6 Å². The van der Waals surface area contributed by atoms with Crippen LogP contribution in [-0.2, 0) is 9.53 Å². The Morgan fingerprint density at radius 1 is 1.19 bits per heavy atom. The number of methoxy groups -OCH3 is 1. The highest BCUT2D eigenvalue weighted by atomic mass is 35.5. The van der Waals surface area contributed by atoms with Crippen molar-refractivity contribution in [3.63, 3.8) is 0 Å². The number of rotatable bonds is 10. The molecule has 0 fully saturated rings. The minimum Gasteiger partial charge on any atom is -0.492 e. The van der Waals surface area contributed by atoms with E-state index in [0.717, 1.165) is 0 Å². The summed E-state index contributed by atoms with van der Waals surface area (Å²) in [6, 6.07) is 9.60. The van der Waals surface area contributed by atoms with Gasteiger partial charge in [-0.2, -0.15) is 0 Å². The van der Waals surface area contributed by atoms with Crippen LogP contribution in [0, 0.1) is 5.82 Å². The number of anilines is 1. The Hall–Kier alpha value is -3.17. The third-order valence-corrected chi connectivity index (χ3v) is 4.60. The highest BCUT2D eigenvalue weighted by Crippen LogP contribution is 2.25. The monoisotopic (exact) mass is 448 g/mol. The first-order valence-electron chi connectivity index (χ1n) is 9.47. The van der Waals surface area contributed by atoms with Crippen molar-refractivity contribution >= 4 is 34.1 Å². The van der Waals surface area contributed by atoms with E-state index in [1.807, 2.05) is 0 Å². The maximum absolute atomic E-state index is 13.8. The Labute approximate surface area is 183 Å². The SMILES string of the molecule is COC(C)C(=O)NCCOc1ccc2c(OCNc3ccc(Cl)cc3F)ncnc2c1. The maximum Gasteiger partial charge on any atom is 0.248 e. The number of carbonyl (C=O) groups excluding carboxylic acids is 1. The van der Waals surface area contributed by atoms with Crippen LogP contribution in [0.25, 0.3) is 10.9 Å². The van der Waals surface area contributed by atoms with Gasteiger partial charge in [-0.15, -0.1) is 0 Å². The van der Waals surface area contributed by atoms with E-state index in [-0.39, 0.29) is 18.3 Å². The van der Waals surface area contributed by atoms with Crippen molar-refractivity contribution in [3.05, 3.63) is 53.6 Å². The molecule has 1 amide bonds. The molecule has 0 spiro atoms. The van der Waals surface area contributed by atoms with Crippen molar-refractivity contribution in [2.75, 3.05) is 32.3 Å². The number of hydrogen-bond acceptors (Lipinski definition) is 7. The Morgan fingerprint density at radius 3 is 2.81 bits per heavy atom. The summed E-state index contributed by atoms with van der Waals surface area (Å²) in [5.74, 6) is 0.260. The van der Waals surface area contributed by atoms with Gasteiger partial charge in [0.1, 0.15) is 30.6 Å². The Balaban J connectivity index is 1.56. The largest absolute Gasteiger partial charge is 0.492 e. The van der Waals surface area contributed by atoms with Gasteiger partial charge in [-0.25, -0.2) is 14.4 Å². The van der Waals surface area contributed by atoms with E-state index < -0.39 is 11.9 Å². The minimum absolute atomic E-state index is 0.00249. The van der Waals surface area contributed by atoms with Gasteiger partial charge in [-0.05, 0) is 37.3 Å². The Bertz CT molecular complexity index is 1050. The van der Waals surface area contributed by atoms with E-state index in [1.54, 1.807) is 31.2 Å². The molecule has 2 N–H and O–H groups in total. The highest BCUT2D eigenvalue weighted by molar-refractivity contribution is 6.30. The fraction of sp³-hybridized carbons (Fsp3) is 0.286. The molecular weight excluding hydrogens is 427 g/mol. The number of nitrogens with one attached hydrogen (secondary N) is 2. The summed E-state index contributed by atoms with van der Waals surface area (Å²) in [7, 11) is 1.47. The van der Waals surface area contributed by atoms with Crippen LogP contribution in [-0.4, -0.2) is 49.0 Å². The predicted molar refractivity (Wildman–Crippen MR) is 115 cm³/mol. The van der Waals surface area contributed by atoms with Gasteiger partial charge in [-0.1, -0.05) is 11.6 Å². The van der Waals surface area contributed by atoms with Gasteiger partial charge in [-0.3, -0.25) is 4.79 Å². The lowest BCUT2D eigenvalue weighted by molar-refractivity contribution is -0.130. The van der Waals surface area contributed by atoms with Crippen LogP contribution >= 0.6 is 11.6 Å². The highest BCUT2D eigenvalue weighted by Gasteiger charge is 2.11. The molecule has 1 unspecified atom stereocenters. The zero-order chi connectivity index (χ0) is 22.2. The van der Waals surface area contributed by atoms with Gasteiger partial charge < -0.3 is 24.8 Å². The molecule has 0 aliphatic rings. The van der Waals surface area contributed by atoms with Gasteiger partial charge in [0, 0.05) is 18.2 Å². The van der Waals surface area contributed by atoms with Crippen LogP contribution in [0.3, 0.4) is 0 Å². The van der Waals surface area contributed by atoms with Gasteiger partial charge in [0.25, 0.3) is 0 Å². The lowest BCUT2D eigenvalue weighted by Gasteiger charge is -2.12. The minimum atomic E-state index is -0.513. The van der Waals surface area contributed by atoms with E-state index in [2.05, 4.69) is 20.6 Å². The maximum atomic E-state index is 13.8. The second-order valence-corrected chi connectivity index (χ2v) is 6.90. The summed E-state index contributed by atoms with van der Waals surface area (Å²) in [5.41, 5.74) is 0.891. The smallest absolute Gasteiger partial charge is 0.248 e. The van der Waals surface area contributed by atoms with E-state index in [9.17, 15) is 9.18 Å². The summed E-state index contributed by atoms with van der Waals surface area (Å²) in [6.45, 7) is 2.30. The number of nitrogens with zero attached hydrogens (tertiary/aromatic N) is 2. The molecule has 10 heteroatoms. The Morgan fingerprint density at radius 2 is 2.03 bits per heavy atom. The molecule has 8 nitrogen and oxygen atoms in total. The van der Waals surface area contributed by atoms with Crippen molar-refractivity contribution in [1.29, 1.82) is 0 Å². The number of amides is 1. The van der Waals surface area contributed by atoms with Crippen LogP contribution in [0.5, 0.6) is 11.6 Å². The van der Waals surface area contributed by atoms with Crippen LogP contribution in [0.4, 0.5) is 10.1 Å². The molecule has 1 heterocycles. The van der Waals surface area contributed by atoms with Gasteiger partial charge in [0.05, 0.1) is 23.1 Å². The average molecular weight is 449 g/mol. The summed E-state index contributed by atoms with van der Waals surface area (Å²) in [5, 5.41) is 6.55. The third-order valence-electron chi connectivity index (χ3n) is 4.37. The normalized spacial score (nSPS) is 11.7. The molecule has 164 valence electrons. The lowest BCUT2D eigenvalue weighted by atomic mass is 10.2. The molecule has 0 radical (unpaired) electrons. The van der Waals surface area contributed by atoms with Crippen molar-refractivity contribution in [1.82, 2.24) is 15.3 Å². The summed E-state index contributed by atoms with van der Waals surface area (Å²) < 4.78 is 30.1. The number of ether oxygens (including phenoxy) is 3. The number of hydrogen-bond donors (Lipinski definition) is 2. The van der Waals surface area contributed by atoms with Gasteiger partial charge in [0.15, 0.2) is 6.73 Å². The first-order chi connectivity index (χ1) is 15.0. The molecule has 3 rings (SSSR count). The quantitative estimate of drug-likeness (QED) is 0.362. The molecule has 1 aromatic heterocycles.